The molecule has 0 radical (unpaired) electrons. The third-order valence-corrected chi connectivity index (χ3v) is 8.49. The zero-order chi connectivity index (χ0) is 29.7. The van der Waals surface area contributed by atoms with Crippen molar-refractivity contribution in [2.24, 2.45) is 0 Å². The quantitative estimate of drug-likeness (QED) is 0.209. The number of hydrogen-bond acceptors (Lipinski definition) is 4. The normalized spacial score (nSPS) is 11.6. The second-order valence-electron chi connectivity index (χ2n) is 11.3. The van der Waals surface area contributed by atoms with Gasteiger partial charge in [-0.1, -0.05) is 109 Å². The van der Waals surface area contributed by atoms with Gasteiger partial charge in [-0.25, -0.2) is 15.0 Å². The highest BCUT2D eigenvalue weighted by atomic mass is 16.3. The third kappa shape index (κ3) is 4.52. The van der Waals surface area contributed by atoms with Gasteiger partial charge in [0.05, 0.1) is 0 Å². The molecule has 0 atom stereocenters. The summed E-state index contributed by atoms with van der Waals surface area (Å²) in [6.07, 6.45) is 0. The van der Waals surface area contributed by atoms with Crippen LogP contribution < -0.4 is 0 Å². The highest BCUT2D eigenvalue weighted by Crippen LogP contribution is 2.36. The first kappa shape index (κ1) is 25.4. The molecule has 2 heterocycles. The van der Waals surface area contributed by atoms with Crippen molar-refractivity contribution in [1.82, 2.24) is 15.0 Å². The van der Waals surface area contributed by atoms with E-state index in [0.717, 1.165) is 49.6 Å². The Morgan fingerprint density at radius 3 is 1.38 bits per heavy atom. The van der Waals surface area contributed by atoms with E-state index in [9.17, 15) is 0 Å². The predicted octanol–water partition coefficient (Wildman–Crippen LogP) is 10.7. The van der Waals surface area contributed by atoms with Gasteiger partial charge in [-0.2, -0.15) is 0 Å². The molecular formula is C41H25N3O. The largest absolute Gasteiger partial charge is 0.456 e. The van der Waals surface area contributed by atoms with Gasteiger partial charge >= 0.3 is 0 Å². The van der Waals surface area contributed by atoms with E-state index in [-0.39, 0.29) is 0 Å². The van der Waals surface area contributed by atoms with E-state index in [4.69, 9.17) is 19.4 Å². The Hall–Kier alpha value is -6.13. The van der Waals surface area contributed by atoms with E-state index >= 15 is 0 Å². The van der Waals surface area contributed by atoms with Crippen molar-refractivity contribution >= 4 is 43.5 Å². The summed E-state index contributed by atoms with van der Waals surface area (Å²) in [4.78, 5) is 14.9. The SMILES string of the molecule is c1ccc(-c2nc(-c3ccc4ccccc4c3)nc(-c3ccc4oc5ccc(-c6ccc7ccccc7c6)cc5c4c3)n2)cc1. The van der Waals surface area contributed by atoms with Crippen LogP contribution in [-0.4, -0.2) is 15.0 Å². The van der Waals surface area contributed by atoms with Crippen LogP contribution in [-0.2, 0) is 0 Å². The van der Waals surface area contributed by atoms with Crippen molar-refractivity contribution in [3.05, 3.63) is 152 Å². The highest BCUT2D eigenvalue weighted by Gasteiger charge is 2.15. The fraction of sp³-hybridized carbons (Fsp3) is 0. The molecule has 0 fully saturated rings. The maximum Gasteiger partial charge on any atom is 0.164 e. The average molecular weight is 576 g/mol. The summed E-state index contributed by atoms with van der Waals surface area (Å²) in [6, 6.07) is 52.4. The molecule has 0 saturated carbocycles. The van der Waals surface area contributed by atoms with E-state index in [1.165, 1.54) is 21.7 Å². The number of rotatable bonds is 4. The summed E-state index contributed by atoms with van der Waals surface area (Å²) < 4.78 is 6.28. The summed E-state index contributed by atoms with van der Waals surface area (Å²) in [7, 11) is 0. The monoisotopic (exact) mass is 575 g/mol. The third-order valence-electron chi connectivity index (χ3n) is 8.49. The number of nitrogens with zero attached hydrogens (tertiary/aromatic N) is 3. The number of aromatic nitrogens is 3. The molecule has 0 bridgehead atoms. The van der Waals surface area contributed by atoms with Gasteiger partial charge in [-0.15, -0.1) is 0 Å². The van der Waals surface area contributed by atoms with E-state index in [1.807, 2.05) is 42.5 Å². The van der Waals surface area contributed by atoms with Gasteiger partial charge in [-0.05, 0) is 75.1 Å². The molecule has 0 aliphatic carbocycles. The minimum atomic E-state index is 0.619. The lowest BCUT2D eigenvalue weighted by Gasteiger charge is -2.09. The van der Waals surface area contributed by atoms with Crippen molar-refractivity contribution < 1.29 is 4.42 Å². The molecule has 0 unspecified atom stereocenters. The highest BCUT2D eigenvalue weighted by molar-refractivity contribution is 6.07. The topological polar surface area (TPSA) is 51.8 Å². The minimum absolute atomic E-state index is 0.619. The van der Waals surface area contributed by atoms with Gasteiger partial charge in [0, 0.05) is 27.5 Å². The Morgan fingerprint density at radius 2 is 0.733 bits per heavy atom. The van der Waals surface area contributed by atoms with E-state index in [0.29, 0.717) is 17.5 Å². The molecule has 0 N–H and O–H groups in total. The molecular weight excluding hydrogens is 550 g/mol. The lowest BCUT2D eigenvalue weighted by molar-refractivity contribution is 0.669. The van der Waals surface area contributed by atoms with Crippen molar-refractivity contribution in [3.8, 4) is 45.3 Å². The first-order valence-corrected chi connectivity index (χ1v) is 15.0. The number of benzene rings is 7. The Labute approximate surface area is 259 Å². The summed E-state index contributed by atoms with van der Waals surface area (Å²) in [5.41, 5.74) is 6.80. The summed E-state index contributed by atoms with van der Waals surface area (Å²) >= 11 is 0. The standard InChI is InChI=1S/C41H25N3O/c1-2-10-28(11-3-1)39-42-40(33-17-15-27-9-5-7-13-30(27)23-33)44-41(43-39)34-19-21-38-36(25-34)35-24-32(18-20-37(35)45-38)31-16-14-26-8-4-6-12-29(26)22-31/h1-25H. The van der Waals surface area contributed by atoms with E-state index in [1.54, 1.807) is 0 Å². The summed E-state index contributed by atoms with van der Waals surface area (Å²) in [6.45, 7) is 0. The van der Waals surface area contributed by atoms with Crippen LogP contribution in [0.1, 0.15) is 0 Å². The molecule has 9 aromatic rings. The molecule has 7 aromatic carbocycles. The van der Waals surface area contributed by atoms with Gasteiger partial charge in [-0.3, -0.25) is 0 Å². The Morgan fingerprint density at radius 1 is 0.311 bits per heavy atom. The van der Waals surface area contributed by atoms with Crippen LogP contribution in [0, 0.1) is 0 Å². The molecule has 9 rings (SSSR count). The zero-order valence-electron chi connectivity index (χ0n) is 24.2. The molecule has 210 valence electrons. The van der Waals surface area contributed by atoms with Crippen molar-refractivity contribution in [2.45, 2.75) is 0 Å². The minimum Gasteiger partial charge on any atom is -0.456 e. The first-order chi connectivity index (χ1) is 22.2. The summed E-state index contributed by atoms with van der Waals surface area (Å²) in [5, 5.41) is 6.87. The lowest BCUT2D eigenvalue weighted by Crippen LogP contribution is -2.00. The van der Waals surface area contributed by atoms with Crippen LogP contribution in [0.25, 0.3) is 88.8 Å². The van der Waals surface area contributed by atoms with Crippen LogP contribution in [0.3, 0.4) is 0 Å². The molecule has 4 nitrogen and oxygen atoms in total. The van der Waals surface area contributed by atoms with Gasteiger partial charge in [0.15, 0.2) is 17.5 Å². The fourth-order valence-electron chi connectivity index (χ4n) is 6.14. The van der Waals surface area contributed by atoms with Crippen LogP contribution >= 0.6 is 0 Å². The lowest BCUT2D eigenvalue weighted by atomic mass is 9.99. The fourth-order valence-corrected chi connectivity index (χ4v) is 6.14. The van der Waals surface area contributed by atoms with Crippen molar-refractivity contribution in [1.29, 1.82) is 0 Å². The van der Waals surface area contributed by atoms with E-state index in [2.05, 4.69) is 109 Å². The zero-order valence-corrected chi connectivity index (χ0v) is 24.2. The maximum absolute atomic E-state index is 6.28. The number of fused-ring (bicyclic) bond motifs is 5. The van der Waals surface area contributed by atoms with Gasteiger partial charge in [0.25, 0.3) is 0 Å². The molecule has 0 aliphatic heterocycles. The van der Waals surface area contributed by atoms with Crippen LogP contribution in [0.5, 0.6) is 0 Å². The Balaban J connectivity index is 1.20. The van der Waals surface area contributed by atoms with Crippen molar-refractivity contribution in [3.63, 3.8) is 0 Å². The smallest absolute Gasteiger partial charge is 0.164 e. The Kier molecular flexibility index (Phi) is 5.78. The van der Waals surface area contributed by atoms with Crippen LogP contribution in [0.4, 0.5) is 0 Å². The van der Waals surface area contributed by atoms with E-state index < -0.39 is 0 Å². The molecule has 45 heavy (non-hydrogen) atoms. The second kappa shape index (κ2) is 10.2. The number of furan rings is 1. The summed E-state index contributed by atoms with van der Waals surface area (Å²) in [5.74, 6) is 1.90. The first-order valence-electron chi connectivity index (χ1n) is 15.0. The molecule has 4 heteroatoms. The average Bonchev–Trinajstić information content (AvgIpc) is 3.48. The van der Waals surface area contributed by atoms with Gasteiger partial charge < -0.3 is 4.42 Å². The molecule has 0 spiro atoms. The number of hydrogen-bond donors (Lipinski definition) is 0. The maximum atomic E-state index is 6.28. The molecule has 0 aliphatic rings. The Bertz CT molecular complexity index is 2550. The molecule has 2 aromatic heterocycles. The second-order valence-corrected chi connectivity index (χ2v) is 11.3. The van der Waals surface area contributed by atoms with Crippen LogP contribution in [0.15, 0.2) is 156 Å². The molecule has 0 amide bonds. The van der Waals surface area contributed by atoms with Crippen LogP contribution in [0.2, 0.25) is 0 Å². The van der Waals surface area contributed by atoms with Crippen molar-refractivity contribution in [2.75, 3.05) is 0 Å². The van der Waals surface area contributed by atoms with Gasteiger partial charge in [0.2, 0.25) is 0 Å². The predicted molar refractivity (Wildman–Crippen MR) is 184 cm³/mol. The molecule has 0 saturated heterocycles. The van der Waals surface area contributed by atoms with Gasteiger partial charge in [0.1, 0.15) is 11.2 Å².